The lowest BCUT2D eigenvalue weighted by Crippen LogP contribution is -2.60. The highest BCUT2D eigenvalue weighted by Gasteiger charge is 2.48. The van der Waals surface area contributed by atoms with E-state index in [1.807, 2.05) is 37.3 Å². The van der Waals surface area contributed by atoms with Gasteiger partial charge in [-0.05, 0) is 19.3 Å². The van der Waals surface area contributed by atoms with Gasteiger partial charge in [0.25, 0.3) is 0 Å². The van der Waals surface area contributed by atoms with Crippen molar-refractivity contribution in [1.29, 1.82) is 0 Å². The Balaban J connectivity index is 1.52. The van der Waals surface area contributed by atoms with E-state index in [9.17, 15) is 10.2 Å². The fourth-order valence-corrected chi connectivity index (χ4v) is 3.75. The minimum absolute atomic E-state index is 0.325. The minimum Gasteiger partial charge on any atom is -0.394 e. The van der Waals surface area contributed by atoms with Gasteiger partial charge in [-0.15, -0.1) is 0 Å². The molecule has 0 aromatic heterocycles. The van der Waals surface area contributed by atoms with E-state index in [0.717, 1.165) is 23.1 Å². The molecule has 0 saturated carbocycles. The highest BCUT2D eigenvalue weighted by molar-refractivity contribution is 5.27. The molecule has 0 radical (unpaired) electrons. The first-order valence-electron chi connectivity index (χ1n) is 9.87. The number of aliphatic hydroxyl groups is 2. The molecule has 1 aromatic carbocycles. The number of benzene rings is 1. The standard InChI is InChI=1S/C22H28O6/c1-13-3-7-15(8-4-13)21-25-12-18-20(28-21)19(17(24)11-23)27-22(26-18)16-9-5-14(2)6-10-16/h3-5,7-10,14,17-24H,6,11-12H2,1-2H3. The maximum Gasteiger partial charge on any atom is 0.184 e. The zero-order valence-electron chi connectivity index (χ0n) is 16.2. The quantitative estimate of drug-likeness (QED) is 0.825. The predicted molar refractivity (Wildman–Crippen MR) is 102 cm³/mol. The largest absolute Gasteiger partial charge is 0.394 e. The molecule has 0 amide bonds. The first-order valence-corrected chi connectivity index (χ1v) is 9.87. The minimum atomic E-state index is -1.07. The first-order chi connectivity index (χ1) is 13.5. The van der Waals surface area contributed by atoms with Gasteiger partial charge in [0.15, 0.2) is 12.6 Å². The Bertz CT molecular complexity index is 727. The topological polar surface area (TPSA) is 77.4 Å². The Hall–Kier alpha value is -1.54. The van der Waals surface area contributed by atoms with E-state index < -0.39 is 37.5 Å². The summed E-state index contributed by atoms with van der Waals surface area (Å²) < 4.78 is 24.2. The van der Waals surface area contributed by atoms with Crippen LogP contribution in [0.15, 0.2) is 48.1 Å². The summed E-state index contributed by atoms with van der Waals surface area (Å²) in [6.07, 6.45) is 3.26. The molecule has 2 aliphatic heterocycles. The van der Waals surface area contributed by atoms with Gasteiger partial charge in [-0.25, -0.2) is 0 Å². The summed E-state index contributed by atoms with van der Waals surface area (Å²) in [5.41, 5.74) is 2.98. The summed E-state index contributed by atoms with van der Waals surface area (Å²) >= 11 is 0. The van der Waals surface area contributed by atoms with Gasteiger partial charge in [0.1, 0.15) is 24.4 Å². The molecule has 2 saturated heterocycles. The average Bonchev–Trinajstić information content (AvgIpc) is 2.73. The van der Waals surface area contributed by atoms with Crippen molar-refractivity contribution in [3.05, 3.63) is 59.2 Å². The lowest BCUT2D eigenvalue weighted by atomic mass is 9.96. The van der Waals surface area contributed by atoms with Gasteiger partial charge >= 0.3 is 0 Å². The van der Waals surface area contributed by atoms with Crippen molar-refractivity contribution in [2.24, 2.45) is 5.92 Å². The van der Waals surface area contributed by atoms with E-state index in [1.54, 1.807) is 0 Å². The van der Waals surface area contributed by atoms with E-state index in [-0.39, 0.29) is 6.10 Å². The molecule has 2 heterocycles. The van der Waals surface area contributed by atoms with Crippen LogP contribution in [-0.2, 0) is 18.9 Å². The van der Waals surface area contributed by atoms with Gasteiger partial charge in [0, 0.05) is 11.1 Å². The Labute approximate surface area is 165 Å². The van der Waals surface area contributed by atoms with Gasteiger partial charge in [0.05, 0.1) is 13.2 Å². The molecule has 0 spiro atoms. The molecule has 7 unspecified atom stereocenters. The van der Waals surface area contributed by atoms with Crippen molar-refractivity contribution in [3.63, 3.8) is 0 Å². The third kappa shape index (κ3) is 4.08. The van der Waals surface area contributed by atoms with Crippen LogP contribution < -0.4 is 0 Å². The summed E-state index contributed by atoms with van der Waals surface area (Å²) in [5, 5.41) is 19.9. The number of aliphatic hydroxyl groups excluding tert-OH is 2. The second-order valence-electron chi connectivity index (χ2n) is 7.81. The smallest absolute Gasteiger partial charge is 0.184 e. The third-order valence-corrected chi connectivity index (χ3v) is 5.49. The molecule has 152 valence electrons. The number of allylic oxidation sites excluding steroid dienone is 2. The van der Waals surface area contributed by atoms with Crippen LogP contribution in [0.2, 0.25) is 0 Å². The van der Waals surface area contributed by atoms with Crippen LogP contribution in [0, 0.1) is 12.8 Å². The SMILES string of the molecule is Cc1ccc(C2OCC3OC(C4=CCC(C)C=C4)OC(C(O)CO)C3O2)cc1. The fourth-order valence-electron chi connectivity index (χ4n) is 3.75. The Kier molecular flexibility index (Phi) is 5.96. The molecule has 2 fully saturated rings. The molecular weight excluding hydrogens is 360 g/mol. The van der Waals surface area contributed by atoms with Crippen molar-refractivity contribution < 1.29 is 29.2 Å². The molecule has 6 heteroatoms. The number of ether oxygens (including phenoxy) is 4. The molecular formula is C22H28O6. The van der Waals surface area contributed by atoms with Crippen LogP contribution in [0.1, 0.15) is 30.8 Å². The summed E-state index contributed by atoms with van der Waals surface area (Å²) in [6, 6.07) is 7.93. The van der Waals surface area contributed by atoms with Crippen LogP contribution in [0.25, 0.3) is 0 Å². The molecule has 6 nitrogen and oxygen atoms in total. The highest BCUT2D eigenvalue weighted by Crippen LogP contribution is 2.37. The van der Waals surface area contributed by atoms with Crippen molar-refractivity contribution in [2.75, 3.05) is 13.2 Å². The van der Waals surface area contributed by atoms with Gasteiger partial charge < -0.3 is 29.2 Å². The molecule has 3 aliphatic rings. The summed E-state index contributed by atoms with van der Waals surface area (Å²) in [5.74, 6) is 0.482. The van der Waals surface area contributed by atoms with E-state index >= 15 is 0 Å². The van der Waals surface area contributed by atoms with Crippen LogP contribution in [0.5, 0.6) is 0 Å². The van der Waals surface area contributed by atoms with Crippen LogP contribution in [0.3, 0.4) is 0 Å². The zero-order chi connectivity index (χ0) is 19.7. The average molecular weight is 388 g/mol. The number of aryl methyl sites for hydroxylation is 1. The fraction of sp³-hybridized carbons (Fsp3) is 0.545. The molecule has 2 N–H and O–H groups in total. The number of fused-ring (bicyclic) bond motifs is 1. The lowest BCUT2D eigenvalue weighted by Gasteiger charge is -2.47. The second kappa shape index (κ2) is 8.45. The predicted octanol–water partition coefficient (Wildman–Crippen LogP) is 2.39. The normalized spacial score (nSPS) is 36.5. The molecule has 1 aromatic rings. The summed E-state index contributed by atoms with van der Waals surface area (Å²) in [7, 11) is 0. The van der Waals surface area contributed by atoms with Crippen molar-refractivity contribution in [1.82, 2.24) is 0 Å². The monoisotopic (exact) mass is 388 g/mol. The van der Waals surface area contributed by atoms with Crippen LogP contribution in [-0.4, -0.2) is 54.1 Å². The lowest BCUT2D eigenvalue weighted by molar-refractivity contribution is -0.362. The number of hydrogen-bond acceptors (Lipinski definition) is 6. The Morgan fingerprint density at radius 1 is 1.11 bits per heavy atom. The number of rotatable bonds is 4. The van der Waals surface area contributed by atoms with Crippen LogP contribution in [0.4, 0.5) is 0 Å². The van der Waals surface area contributed by atoms with Gasteiger partial charge in [-0.1, -0.05) is 55.0 Å². The van der Waals surface area contributed by atoms with Crippen LogP contribution >= 0.6 is 0 Å². The van der Waals surface area contributed by atoms with Crippen molar-refractivity contribution in [3.8, 4) is 0 Å². The molecule has 0 bridgehead atoms. The van der Waals surface area contributed by atoms with E-state index in [2.05, 4.69) is 19.1 Å². The number of hydrogen-bond donors (Lipinski definition) is 2. The second-order valence-corrected chi connectivity index (χ2v) is 7.81. The maximum absolute atomic E-state index is 10.4. The zero-order valence-corrected chi connectivity index (χ0v) is 16.2. The van der Waals surface area contributed by atoms with Crippen molar-refractivity contribution in [2.45, 2.75) is 57.3 Å². The summed E-state index contributed by atoms with van der Waals surface area (Å²) in [6.45, 7) is 4.08. The Morgan fingerprint density at radius 2 is 1.89 bits per heavy atom. The molecule has 1 aliphatic carbocycles. The van der Waals surface area contributed by atoms with E-state index in [4.69, 9.17) is 18.9 Å². The van der Waals surface area contributed by atoms with Gasteiger partial charge in [-0.3, -0.25) is 0 Å². The molecule has 4 rings (SSSR count). The van der Waals surface area contributed by atoms with E-state index in [0.29, 0.717) is 12.5 Å². The third-order valence-electron chi connectivity index (χ3n) is 5.49. The first kappa shape index (κ1) is 19.8. The van der Waals surface area contributed by atoms with Crippen molar-refractivity contribution >= 4 is 0 Å². The molecule has 7 atom stereocenters. The highest BCUT2D eigenvalue weighted by atomic mass is 16.8. The summed E-state index contributed by atoms with van der Waals surface area (Å²) in [4.78, 5) is 0. The van der Waals surface area contributed by atoms with Gasteiger partial charge in [0.2, 0.25) is 0 Å². The molecule has 28 heavy (non-hydrogen) atoms. The van der Waals surface area contributed by atoms with Gasteiger partial charge in [-0.2, -0.15) is 0 Å². The van der Waals surface area contributed by atoms with E-state index in [1.165, 1.54) is 0 Å². The Morgan fingerprint density at radius 3 is 2.57 bits per heavy atom. The maximum atomic E-state index is 10.4.